The molecule has 0 amide bonds. The largest absolute Gasteiger partial charge is 0.478 e. The van der Waals surface area contributed by atoms with E-state index >= 15 is 0 Å². The number of nitrogens with one attached hydrogen (secondary N) is 1. The fourth-order valence-electron chi connectivity index (χ4n) is 1.85. The molecule has 0 aromatic carbocycles. The minimum absolute atomic E-state index is 0.238. The molecule has 0 spiro atoms. The second-order valence-corrected chi connectivity index (χ2v) is 4.56. The Hall–Kier alpha value is -1.58. The van der Waals surface area contributed by atoms with Crippen LogP contribution in [-0.4, -0.2) is 22.1 Å². The van der Waals surface area contributed by atoms with Crippen molar-refractivity contribution < 1.29 is 9.90 Å². The van der Waals surface area contributed by atoms with Crippen LogP contribution in [-0.2, 0) is 0 Å². The maximum atomic E-state index is 11.2. The molecule has 1 aromatic heterocycles. The molecule has 0 saturated heterocycles. The molecule has 0 fully saturated rings. The number of rotatable bonds is 5. The molecule has 0 aliphatic rings. The lowest BCUT2D eigenvalue weighted by Crippen LogP contribution is -2.26. The summed E-state index contributed by atoms with van der Waals surface area (Å²) in [7, 11) is 0. The first-order valence-corrected chi connectivity index (χ1v) is 5.92. The Morgan fingerprint density at radius 2 is 2.18 bits per heavy atom. The van der Waals surface area contributed by atoms with Crippen LogP contribution >= 0.6 is 0 Å². The zero-order chi connectivity index (χ0) is 13.0. The Kier molecular flexibility index (Phi) is 4.49. The van der Waals surface area contributed by atoms with Crippen LogP contribution < -0.4 is 5.32 Å². The number of nitrogens with zero attached hydrogens (tertiary/aromatic N) is 1. The van der Waals surface area contributed by atoms with E-state index in [0.717, 1.165) is 12.0 Å². The average molecular weight is 236 g/mol. The summed E-state index contributed by atoms with van der Waals surface area (Å²) in [5.74, 6) is -0.0290. The zero-order valence-electron chi connectivity index (χ0n) is 10.8. The lowest BCUT2D eigenvalue weighted by molar-refractivity contribution is 0.0696. The van der Waals surface area contributed by atoms with E-state index in [-0.39, 0.29) is 11.6 Å². The third kappa shape index (κ3) is 3.19. The zero-order valence-corrected chi connectivity index (χ0v) is 10.8. The molecule has 0 bridgehead atoms. The van der Waals surface area contributed by atoms with Gasteiger partial charge in [-0.15, -0.1) is 0 Å². The second kappa shape index (κ2) is 5.66. The lowest BCUT2D eigenvalue weighted by atomic mass is 10.0. The molecule has 94 valence electrons. The fourth-order valence-corrected chi connectivity index (χ4v) is 1.85. The van der Waals surface area contributed by atoms with Crippen LogP contribution in [0.3, 0.4) is 0 Å². The molecule has 0 radical (unpaired) electrons. The molecule has 1 aromatic rings. The van der Waals surface area contributed by atoms with Gasteiger partial charge in [-0.3, -0.25) is 0 Å². The van der Waals surface area contributed by atoms with Gasteiger partial charge in [0.15, 0.2) is 0 Å². The van der Waals surface area contributed by atoms with E-state index in [0.29, 0.717) is 11.7 Å². The third-order valence-electron chi connectivity index (χ3n) is 2.94. The van der Waals surface area contributed by atoms with Crippen LogP contribution in [0.2, 0.25) is 0 Å². The van der Waals surface area contributed by atoms with E-state index in [9.17, 15) is 9.90 Å². The number of aromatic carboxylic acids is 1. The van der Waals surface area contributed by atoms with Crippen molar-refractivity contribution in [2.24, 2.45) is 5.92 Å². The average Bonchev–Trinajstić information content (AvgIpc) is 2.24. The van der Waals surface area contributed by atoms with Gasteiger partial charge in [0, 0.05) is 12.2 Å². The van der Waals surface area contributed by atoms with Gasteiger partial charge in [0.2, 0.25) is 0 Å². The smallest absolute Gasteiger partial charge is 0.339 e. The van der Waals surface area contributed by atoms with Crippen LogP contribution in [0.1, 0.15) is 43.1 Å². The minimum atomic E-state index is -0.934. The summed E-state index contributed by atoms with van der Waals surface area (Å²) in [6.45, 7) is 8.08. The summed E-state index contributed by atoms with van der Waals surface area (Å²) in [5.41, 5.74) is 1.00. The SMILES string of the molecule is CCC(Nc1nccc(C)c1C(=O)O)C(C)C. The monoisotopic (exact) mass is 236 g/mol. The van der Waals surface area contributed by atoms with Crippen molar-refractivity contribution in [1.29, 1.82) is 0 Å². The summed E-state index contributed by atoms with van der Waals surface area (Å²) in [6, 6.07) is 1.95. The van der Waals surface area contributed by atoms with Crippen molar-refractivity contribution in [2.45, 2.75) is 40.2 Å². The second-order valence-electron chi connectivity index (χ2n) is 4.56. The van der Waals surface area contributed by atoms with Crippen LogP contribution in [0.25, 0.3) is 0 Å². The van der Waals surface area contributed by atoms with Crippen molar-refractivity contribution in [1.82, 2.24) is 4.98 Å². The van der Waals surface area contributed by atoms with E-state index in [4.69, 9.17) is 0 Å². The Balaban J connectivity index is 3.05. The highest BCUT2D eigenvalue weighted by Gasteiger charge is 2.18. The van der Waals surface area contributed by atoms with E-state index < -0.39 is 5.97 Å². The molecule has 0 aliphatic heterocycles. The molecule has 1 rings (SSSR count). The first kappa shape index (κ1) is 13.5. The van der Waals surface area contributed by atoms with Crippen molar-refractivity contribution in [3.63, 3.8) is 0 Å². The maximum absolute atomic E-state index is 11.2. The maximum Gasteiger partial charge on any atom is 0.339 e. The number of aryl methyl sites for hydroxylation is 1. The highest BCUT2D eigenvalue weighted by Crippen LogP contribution is 2.20. The van der Waals surface area contributed by atoms with Crippen molar-refractivity contribution in [2.75, 3.05) is 5.32 Å². The van der Waals surface area contributed by atoms with E-state index in [2.05, 4.69) is 31.1 Å². The van der Waals surface area contributed by atoms with E-state index in [1.165, 1.54) is 0 Å². The number of carbonyl (C=O) groups is 1. The molecular weight excluding hydrogens is 216 g/mol. The summed E-state index contributed by atoms with van der Waals surface area (Å²) in [6.07, 6.45) is 2.57. The molecular formula is C13H20N2O2. The third-order valence-corrected chi connectivity index (χ3v) is 2.94. The number of hydrogen-bond acceptors (Lipinski definition) is 3. The van der Waals surface area contributed by atoms with Gasteiger partial charge < -0.3 is 10.4 Å². The van der Waals surface area contributed by atoms with E-state index in [1.807, 2.05) is 0 Å². The topological polar surface area (TPSA) is 62.2 Å². The summed E-state index contributed by atoms with van der Waals surface area (Å²) in [5, 5.41) is 12.4. The van der Waals surface area contributed by atoms with Crippen LogP contribution in [0.15, 0.2) is 12.3 Å². The van der Waals surface area contributed by atoms with Crippen molar-refractivity contribution in [3.8, 4) is 0 Å². The Bertz CT molecular complexity index is 402. The number of pyridine rings is 1. The van der Waals surface area contributed by atoms with Gasteiger partial charge in [-0.2, -0.15) is 0 Å². The van der Waals surface area contributed by atoms with Gasteiger partial charge in [-0.05, 0) is 30.9 Å². The number of hydrogen-bond donors (Lipinski definition) is 2. The molecule has 0 saturated carbocycles. The normalized spacial score (nSPS) is 12.5. The molecule has 4 nitrogen and oxygen atoms in total. The van der Waals surface area contributed by atoms with Gasteiger partial charge >= 0.3 is 5.97 Å². The first-order chi connectivity index (χ1) is 7.97. The predicted octanol–water partition coefficient (Wildman–Crippen LogP) is 2.93. The molecule has 2 N–H and O–H groups in total. The van der Waals surface area contributed by atoms with Crippen LogP contribution in [0.5, 0.6) is 0 Å². The van der Waals surface area contributed by atoms with Crippen molar-refractivity contribution in [3.05, 3.63) is 23.4 Å². The van der Waals surface area contributed by atoms with Crippen LogP contribution in [0, 0.1) is 12.8 Å². The quantitative estimate of drug-likeness (QED) is 0.825. The van der Waals surface area contributed by atoms with Gasteiger partial charge in [-0.25, -0.2) is 9.78 Å². The number of carboxylic acid groups (broad SMARTS) is 1. The minimum Gasteiger partial charge on any atom is -0.478 e. The summed E-state index contributed by atoms with van der Waals surface area (Å²) >= 11 is 0. The van der Waals surface area contributed by atoms with E-state index in [1.54, 1.807) is 19.2 Å². The summed E-state index contributed by atoms with van der Waals surface area (Å²) < 4.78 is 0. The predicted molar refractivity (Wildman–Crippen MR) is 68.5 cm³/mol. The Labute approximate surface area is 102 Å². The van der Waals surface area contributed by atoms with Crippen LogP contribution in [0.4, 0.5) is 5.82 Å². The number of anilines is 1. The first-order valence-electron chi connectivity index (χ1n) is 5.92. The van der Waals surface area contributed by atoms with Gasteiger partial charge in [0.05, 0.1) is 0 Å². The van der Waals surface area contributed by atoms with Gasteiger partial charge in [0.25, 0.3) is 0 Å². The molecule has 1 unspecified atom stereocenters. The van der Waals surface area contributed by atoms with Crippen molar-refractivity contribution >= 4 is 11.8 Å². The molecule has 0 aliphatic carbocycles. The fraction of sp³-hybridized carbons (Fsp3) is 0.538. The van der Waals surface area contributed by atoms with Gasteiger partial charge in [-0.1, -0.05) is 20.8 Å². The standard InChI is InChI=1S/C13H20N2O2/c1-5-10(8(2)3)15-12-11(13(16)17)9(4)6-7-14-12/h6-8,10H,5H2,1-4H3,(H,14,15)(H,16,17). The highest BCUT2D eigenvalue weighted by atomic mass is 16.4. The molecule has 17 heavy (non-hydrogen) atoms. The summed E-state index contributed by atoms with van der Waals surface area (Å²) in [4.78, 5) is 15.3. The molecule has 1 atom stereocenters. The lowest BCUT2D eigenvalue weighted by Gasteiger charge is -2.22. The Morgan fingerprint density at radius 1 is 1.53 bits per heavy atom. The Morgan fingerprint density at radius 3 is 2.65 bits per heavy atom. The highest BCUT2D eigenvalue weighted by molar-refractivity contribution is 5.94. The molecule has 4 heteroatoms. The number of aromatic nitrogens is 1. The van der Waals surface area contributed by atoms with Gasteiger partial charge in [0.1, 0.15) is 11.4 Å². The number of carboxylic acids is 1. The molecule has 1 heterocycles.